The predicted octanol–water partition coefficient (Wildman–Crippen LogP) is 1.33. The summed E-state index contributed by atoms with van der Waals surface area (Å²) in [4.78, 5) is 0. The summed E-state index contributed by atoms with van der Waals surface area (Å²) in [5.74, 6) is 0. The van der Waals surface area contributed by atoms with Crippen molar-refractivity contribution in [3.8, 4) is 0 Å². The number of allylic oxidation sites excluding steroid dienone is 4. The highest BCUT2D eigenvalue weighted by Crippen LogP contribution is 2.11. The Bertz CT molecular complexity index is 590. The molecule has 0 aromatic carbocycles. The van der Waals surface area contributed by atoms with Gasteiger partial charge in [0.25, 0.3) is 0 Å². The molecule has 1 aromatic heterocycles. The van der Waals surface area contributed by atoms with Crippen LogP contribution in [0.15, 0.2) is 45.9 Å². The van der Waals surface area contributed by atoms with E-state index in [0.29, 0.717) is 16.5 Å². The summed E-state index contributed by atoms with van der Waals surface area (Å²) >= 11 is 5.96. The third-order valence-corrected chi connectivity index (χ3v) is 2.64. The molecule has 2 rings (SSSR count). The van der Waals surface area contributed by atoms with Crippen LogP contribution in [0.25, 0.3) is 0 Å². The van der Waals surface area contributed by atoms with Crippen molar-refractivity contribution in [2.45, 2.75) is 0 Å². The molecule has 17 heavy (non-hydrogen) atoms. The summed E-state index contributed by atoms with van der Waals surface area (Å²) in [5, 5.41) is 16.0. The number of nitrogens with zero attached hydrogens (tertiary/aromatic N) is 4. The minimum absolute atomic E-state index is 0.360. The van der Waals surface area contributed by atoms with E-state index >= 15 is 0 Å². The van der Waals surface area contributed by atoms with Crippen molar-refractivity contribution in [2.75, 3.05) is 0 Å². The molecule has 0 amide bonds. The largest absolute Gasteiger partial charge is 0.319 e. The first kappa shape index (κ1) is 11.6. The van der Waals surface area contributed by atoms with Gasteiger partial charge in [0.05, 0.1) is 10.7 Å². The molecule has 1 heterocycles. The van der Waals surface area contributed by atoms with Crippen molar-refractivity contribution in [3.63, 3.8) is 0 Å². The van der Waals surface area contributed by atoms with E-state index in [1.165, 1.54) is 0 Å². The van der Waals surface area contributed by atoms with E-state index in [1.807, 2.05) is 35.6 Å². The fourth-order valence-electron chi connectivity index (χ4n) is 1.41. The molecule has 0 unspecified atom stereocenters. The van der Waals surface area contributed by atoms with Gasteiger partial charge < -0.3 is 14.5 Å². The van der Waals surface area contributed by atoms with E-state index in [2.05, 4.69) is 10.2 Å². The van der Waals surface area contributed by atoms with Gasteiger partial charge >= 0.3 is 0 Å². The molecular weight excluding hydrogens is 238 g/mol. The van der Waals surface area contributed by atoms with Gasteiger partial charge in [-0.2, -0.15) is 0 Å². The molecule has 1 aliphatic carbocycles. The van der Waals surface area contributed by atoms with Crippen molar-refractivity contribution in [1.82, 2.24) is 9.13 Å². The topological polar surface area (TPSA) is 58.4 Å². The van der Waals surface area contributed by atoms with Crippen LogP contribution in [-0.2, 0) is 14.1 Å². The Kier molecular flexibility index (Phi) is 3.10. The summed E-state index contributed by atoms with van der Waals surface area (Å²) in [6.07, 6.45) is 8.63. The van der Waals surface area contributed by atoms with Gasteiger partial charge in [-0.3, -0.25) is 0 Å². The molecule has 0 spiro atoms. The molecular formula is C11H12ClN5. The van der Waals surface area contributed by atoms with Crippen molar-refractivity contribution < 1.29 is 0 Å². The maximum absolute atomic E-state index is 7.41. The highest BCUT2D eigenvalue weighted by molar-refractivity contribution is 6.48. The highest BCUT2D eigenvalue weighted by atomic mass is 35.5. The van der Waals surface area contributed by atoms with Gasteiger partial charge in [0.15, 0.2) is 0 Å². The average Bonchev–Trinajstić information content (AvgIpc) is 2.58. The second-order valence-corrected chi connectivity index (χ2v) is 4.09. The van der Waals surface area contributed by atoms with Gasteiger partial charge in [-0.05, 0) is 18.2 Å². The first-order valence-corrected chi connectivity index (χ1v) is 5.39. The molecule has 0 radical (unpaired) electrons. The number of nitrogens with one attached hydrogen (secondary N) is 1. The van der Waals surface area contributed by atoms with Crippen LogP contribution in [0.5, 0.6) is 0 Å². The number of imidazole rings is 1. The van der Waals surface area contributed by atoms with E-state index < -0.39 is 0 Å². The number of aryl methyl sites for hydroxylation is 2. The lowest BCUT2D eigenvalue weighted by molar-refractivity contribution is 0.727. The van der Waals surface area contributed by atoms with Crippen LogP contribution < -0.4 is 5.62 Å². The summed E-state index contributed by atoms with van der Waals surface area (Å²) in [7, 11) is 3.78. The Morgan fingerprint density at radius 1 is 1.12 bits per heavy atom. The molecule has 0 atom stereocenters. The zero-order chi connectivity index (χ0) is 12.4. The van der Waals surface area contributed by atoms with E-state index in [-0.39, 0.29) is 0 Å². The molecule has 1 N–H and O–H groups in total. The fraction of sp³-hybridized carbons (Fsp3) is 0.182. The lowest BCUT2D eigenvalue weighted by Gasteiger charge is -2.02. The first-order valence-electron chi connectivity index (χ1n) is 5.02. The van der Waals surface area contributed by atoms with E-state index in [9.17, 15) is 0 Å². The summed E-state index contributed by atoms with van der Waals surface area (Å²) in [5.41, 5.74) is 1.64. The number of aromatic nitrogens is 2. The van der Waals surface area contributed by atoms with Crippen molar-refractivity contribution >= 4 is 23.0 Å². The lowest BCUT2D eigenvalue weighted by atomic mass is 10.1. The van der Waals surface area contributed by atoms with Crippen molar-refractivity contribution in [2.24, 2.45) is 24.3 Å². The second kappa shape index (κ2) is 4.55. The Morgan fingerprint density at radius 3 is 2.35 bits per heavy atom. The number of halogens is 1. The molecule has 0 aliphatic heterocycles. The van der Waals surface area contributed by atoms with E-state index in [4.69, 9.17) is 17.0 Å². The number of hydrogen-bond acceptors (Lipinski definition) is 3. The Morgan fingerprint density at radius 2 is 1.76 bits per heavy atom. The average molecular weight is 250 g/mol. The van der Waals surface area contributed by atoms with Crippen LogP contribution in [0.4, 0.5) is 0 Å². The first-order chi connectivity index (χ1) is 8.08. The summed E-state index contributed by atoms with van der Waals surface area (Å²) in [6, 6.07) is 0. The molecule has 1 aromatic rings. The van der Waals surface area contributed by atoms with Crippen LogP contribution >= 0.6 is 11.6 Å². The molecule has 0 saturated carbocycles. The molecule has 0 fully saturated rings. The van der Waals surface area contributed by atoms with Gasteiger partial charge in [-0.15, -0.1) is 10.2 Å². The molecule has 0 saturated heterocycles. The van der Waals surface area contributed by atoms with Crippen molar-refractivity contribution in [1.29, 1.82) is 5.41 Å². The normalized spacial score (nSPS) is 17.5. The zero-order valence-electron chi connectivity index (χ0n) is 9.55. The number of hydrogen-bond donors (Lipinski definition) is 1. The lowest BCUT2D eigenvalue weighted by Crippen LogP contribution is -2.21. The van der Waals surface area contributed by atoms with Gasteiger partial charge in [0, 0.05) is 26.5 Å². The smallest absolute Gasteiger partial charge is 0.229 e. The van der Waals surface area contributed by atoms with Crippen molar-refractivity contribution in [3.05, 3.63) is 41.3 Å². The zero-order valence-corrected chi connectivity index (χ0v) is 10.3. The Labute approximate surface area is 104 Å². The number of rotatable bonds is 1. The summed E-state index contributed by atoms with van der Waals surface area (Å²) in [6.45, 7) is 0. The maximum Gasteiger partial charge on any atom is 0.229 e. The van der Waals surface area contributed by atoms with Crippen LogP contribution in [0.3, 0.4) is 0 Å². The van der Waals surface area contributed by atoms with Gasteiger partial charge in [-0.25, -0.2) is 0 Å². The molecule has 0 bridgehead atoms. The maximum atomic E-state index is 7.41. The molecule has 88 valence electrons. The third kappa shape index (κ3) is 2.45. The van der Waals surface area contributed by atoms with Crippen LogP contribution in [0.1, 0.15) is 0 Å². The Balaban J connectivity index is 2.40. The minimum atomic E-state index is 0.360. The van der Waals surface area contributed by atoms with Gasteiger partial charge in [0.2, 0.25) is 5.62 Å². The molecule has 5 nitrogen and oxygen atoms in total. The van der Waals surface area contributed by atoms with Crippen LogP contribution in [0.2, 0.25) is 0 Å². The monoisotopic (exact) mass is 249 g/mol. The summed E-state index contributed by atoms with van der Waals surface area (Å²) < 4.78 is 3.71. The molecule has 1 aliphatic rings. The SMILES string of the molecule is Cn1ccn(C)c1=NN=C1C=CC(=N)C=C1Cl. The quantitative estimate of drug-likeness (QED) is 0.577. The molecule has 6 heteroatoms. The van der Waals surface area contributed by atoms with Gasteiger partial charge in [-0.1, -0.05) is 11.6 Å². The minimum Gasteiger partial charge on any atom is -0.319 e. The van der Waals surface area contributed by atoms with Gasteiger partial charge in [0.1, 0.15) is 5.71 Å². The highest BCUT2D eigenvalue weighted by Gasteiger charge is 2.06. The fourth-order valence-corrected chi connectivity index (χ4v) is 1.63. The predicted molar refractivity (Wildman–Crippen MR) is 68.2 cm³/mol. The van der Waals surface area contributed by atoms with E-state index in [0.717, 1.165) is 5.62 Å². The Hall–Kier alpha value is -1.88. The van der Waals surface area contributed by atoms with E-state index in [1.54, 1.807) is 18.2 Å². The second-order valence-electron chi connectivity index (χ2n) is 3.69. The van der Waals surface area contributed by atoms with Crippen LogP contribution in [-0.4, -0.2) is 20.6 Å². The van der Waals surface area contributed by atoms with Crippen LogP contribution in [0, 0.1) is 5.41 Å². The standard InChI is InChI=1S/C11H12ClN5/c1-16-5-6-17(2)11(16)15-14-10-4-3-8(13)7-9(10)12/h3-7,13H,1-2H3. The third-order valence-electron chi connectivity index (χ3n) is 2.34.